The van der Waals surface area contributed by atoms with Crippen LogP contribution >= 0.6 is 0 Å². The molecule has 0 N–H and O–H groups in total. The van der Waals surface area contributed by atoms with Crippen molar-refractivity contribution < 1.29 is 21.9 Å². The molecule has 0 saturated heterocycles. The van der Waals surface area contributed by atoms with Crippen molar-refractivity contribution >= 4 is 15.0 Å². The van der Waals surface area contributed by atoms with Crippen molar-refractivity contribution in [3.8, 4) is 0 Å². The van der Waals surface area contributed by atoms with Crippen LogP contribution < -0.4 is 0 Å². The van der Waals surface area contributed by atoms with Gasteiger partial charge >= 0.3 is 15.0 Å². The summed E-state index contributed by atoms with van der Waals surface area (Å²) in [5, 5.41) is 0. The summed E-state index contributed by atoms with van der Waals surface area (Å²) in [6.07, 6.45) is 14.7. The lowest BCUT2D eigenvalue weighted by molar-refractivity contribution is -0.137. The molecule has 2 nitrogen and oxygen atoms in total. The van der Waals surface area contributed by atoms with E-state index in [1.54, 1.807) is 0 Å². The molecule has 0 aliphatic carbocycles. The molecule has 0 unspecified atom stereocenters. The Labute approximate surface area is 146 Å². The van der Waals surface area contributed by atoms with Crippen LogP contribution in [0.2, 0.25) is 6.04 Å². The number of carbonyl (C=O) groups excluding carboxylic acids is 1. The predicted octanol–water partition coefficient (Wildman–Crippen LogP) is 6.63. The molecule has 0 rings (SSSR count). The molecule has 0 fully saturated rings. The van der Waals surface area contributed by atoms with Gasteiger partial charge in [0.1, 0.15) is 0 Å². The summed E-state index contributed by atoms with van der Waals surface area (Å²) < 4.78 is 41.2. The molecule has 6 heteroatoms. The smallest absolute Gasteiger partial charge is 0.463 e. The minimum absolute atomic E-state index is 0.336. The molecule has 0 heterocycles. The lowest BCUT2D eigenvalue weighted by atomic mass is 10.0. The highest BCUT2D eigenvalue weighted by molar-refractivity contribution is 6.58. The monoisotopic (exact) mass is 366 g/mol. The number of hydrogen-bond donors (Lipinski definition) is 0. The summed E-state index contributed by atoms with van der Waals surface area (Å²) in [4.78, 5) is 10.8. The maximum Gasteiger partial charge on any atom is 0.616 e. The van der Waals surface area contributed by atoms with E-state index in [0.717, 1.165) is 38.5 Å². The van der Waals surface area contributed by atoms with Crippen LogP contribution in [0.15, 0.2) is 12.7 Å². The molecule has 0 bridgehead atoms. The second kappa shape index (κ2) is 15.7. The highest BCUT2D eigenvalue weighted by Gasteiger charge is 2.35. The largest absolute Gasteiger partial charge is 0.616 e. The van der Waals surface area contributed by atoms with E-state index in [4.69, 9.17) is 4.74 Å². The second-order valence-electron chi connectivity index (χ2n) is 6.33. The van der Waals surface area contributed by atoms with Gasteiger partial charge in [-0.1, -0.05) is 77.2 Å². The summed E-state index contributed by atoms with van der Waals surface area (Å²) in [6, 6.07) is -0.496. The van der Waals surface area contributed by atoms with E-state index in [1.165, 1.54) is 44.6 Å². The average molecular weight is 367 g/mol. The Balaban J connectivity index is 3.08. The number of ether oxygens (including phenoxy) is 1. The molecule has 0 aromatic rings. The molecule has 0 spiro atoms. The third-order valence-corrected chi connectivity index (χ3v) is 4.94. The fourth-order valence-electron chi connectivity index (χ4n) is 2.60. The third kappa shape index (κ3) is 19.3. The molecular weight excluding hydrogens is 333 g/mol. The molecule has 0 radical (unpaired) electrons. The Morgan fingerprint density at radius 1 is 0.750 bits per heavy atom. The fourth-order valence-corrected chi connectivity index (χ4v) is 3.25. The first-order valence-electron chi connectivity index (χ1n) is 9.31. The van der Waals surface area contributed by atoms with Gasteiger partial charge in [-0.15, -0.1) is 0 Å². The van der Waals surface area contributed by atoms with Gasteiger partial charge in [0.2, 0.25) is 0 Å². The maximum absolute atomic E-state index is 12.1. The Kier molecular flexibility index (Phi) is 15.2. The van der Waals surface area contributed by atoms with Crippen LogP contribution in [0.5, 0.6) is 0 Å². The summed E-state index contributed by atoms with van der Waals surface area (Å²) in [5.74, 6) is -0.350. The van der Waals surface area contributed by atoms with E-state index in [-0.39, 0.29) is 5.97 Å². The van der Waals surface area contributed by atoms with Crippen LogP contribution in [-0.2, 0) is 9.53 Å². The highest BCUT2D eigenvalue weighted by Crippen LogP contribution is 2.20. The Bertz CT molecular complexity index is 320. The number of halogens is 3. The summed E-state index contributed by atoms with van der Waals surface area (Å²) in [7, 11) is -5.30. The van der Waals surface area contributed by atoms with Crippen molar-refractivity contribution in [1.82, 2.24) is 0 Å². The van der Waals surface area contributed by atoms with Crippen LogP contribution in [0.25, 0.3) is 0 Å². The van der Waals surface area contributed by atoms with Gasteiger partial charge in [0.15, 0.2) is 0 Å². The van der Waals surface area contributed by atoms with Crippen molar-refractivity contribution in [2.24, 2.45) is 0 Å². The molecule has 0 atom stereocenters. The van der Waals surface area contributed by atoms with Crippen LogP contribution in [0.1, 0.15) is 83.5 Å². The average Bonchev–Trinajstić information content (AvgIpc) is 2.53. The lowest BCUT2D eigenvalue weighted by Crippen LogP contribution is -2.13. The lowest BCUT2D eigenvalue weighted by Gasteiger charge is -2.04. The second-order valence-corrected chi connectivity index (χ2v) is 8.06. The SMILES string of the molecule is C=CC(=O)OCCCCCCCCCCCCCCC[Si](F)(F)F. The van der Waals surface area contributed by atoms with Gasteiger partial charge < -0.3 is 4.74 Å². The topological polar surface area (TPSA) is 26.3 Å². The summed E-state index contributed by atoms with van der Waals surface area (Å²) >= 11 is 0. The van der Waals surface area contributed by atoms with Crippen molar-refractivity contribution in [2.45, 2.75) is 89.5 Å². The van der Waals surface area contributed by atoms with Gasteiger partial charge in [-0.3, -0.25) is 0 Å². The number of unbranched alkanes of at least 4 members (excludes halogenated alkanes) is 12. The zero-order valence-corrected chi connectivity index (χ0v) is 15.8. The van der Waals surface area contributed by atoms with Crippen molar-refractivity contribution in [3.63, 3.8) is 0 Å². The maximum atomic E-state index is 12.1. The number of hydrogen-bond acceptors (Lipinski definition) is 2. The molecule has 0 saturated carbocycles. The fraction of sp³-hybridized carbons (Fsp3) is 0.833. The number of esters is 1. The molecule has 24 heavy (non-hydrogen) atoms. The molecule has 0 aromatic heterocycles. The first-order chi connectivity index (χ1) is 11.5. The summed E-state index contributed by atoms with van der Waals surface area (Å²) in [6.45, 7) is 3.83. The number of carbonyl (C=O) groups is 1. The van der Waals surface area contributed by atoms with E-state index in [0.29, 0.717) is 13.0 Å². The van der Waals surface area contributed by atoms with E-state index >= 15 is 0 Å². The van der Waals surface area contributed by atoms with Gasteiger partial charge in [0, 0.05) is 12.1 Å². The van der Waals surface area contributed by atoms with Gasteiger partial charge in [0.25, 0.3) is 0 Å². The first-order valence-corrected chi connectivity index (χ1v) is 11.2. The molecule has 0 amide bonds. The first kappa shape index (κ1) is 23.2. The van der Waals surface area contributed by atoms with Gasteiger partial charge in [-0.25, -0.2) is 17.1 Å². The molecule has 142 valence electrons. The van der Waals surface area contributed by atoms with Crippen molar-refractivity contribution in [3.05, 3.63) is 12.7 Å². The minimum atomic E-state index is -5.30. The van der Waals surface area contributed by atoms with E-state index in [9.17, 15) is 17.1 Å². The Hall–Kier alpha value is -0.783. The van der Waals surface area contributed by atoms with E-state index in [1.807, 2.05) is 0 Å². The predicted molar refractivity (Wildman–Crippen MR) is 95.1 cm³/mol. The normalized spacial score (nSPS) is 11.5. The van der Waals surface area contributed by atoms with E-state index < -0.39 is 15.1 Å². The van der Waals surface area contributed by atoms with Gasteiger partial charge in [-0.05, 0) is 12.8 Å². The quantitative estimate of drug-likeness (QED) is 0.0949. The third-order valence-electron chi connectivity index (χ3n) is 4.02. The van der Waals surface area contributed by atoms with Crippen LogP contribution in [0.4, 0.5) is 12.3 Å². The Morgan fingerprint density at radius 3 is 1.50 bits per heavy atom. The van der Waals surface area contributed by atoms with Crippen molar-refractivity contribution in [2.75, 3.05) is 6.61 Å². The highest BCUT2D eigenvalue weighted by atomic mass is 28.5. The van der Waals surface area contributed by atoms with Gasteiger partial charge in [-0.2, -0.15) is 0 Å². The van der Waals surface area contributed by atoms with E-state index in [2.05, 4.69) is 6.58 Å². The standard InChI is InChI=1S/C18H33F3O2Si/c1-2-18(22)23-16-14-12-10-8-6-4-3-5-7-9-11-13-15-17-24(19,20)21/h2H,1,3-17H2. The number of rotatable bonds is 17. The van der Waals surface area contributed by atoms with Crippen LogP contribution in [0.3, 0.4) is 0 Å². The molecule has 0 aromatic carbocycles. The molecule has 0 aliphatic rings. The molecular formula is C18H33F3O2Si. The van der Waals surface area contributed by atoms with Gasteiger partial charge in [0.05, 0.1) is 6.61 Å². The minimum Gasteiger partial charge on any atom is -0.463 e. The van der Waals surface area contributed by atoms with Crippen molar-refractivity contribution in [1.29, 1.82) is 0 Å². The summed E-state index contributed by atoms with van der Waals surface area (Å²) in [5.41, 5.74) is 0. The zero-order valence-electron chi connectivity index (χ0n) is 14.8. The van der Waals surface area contributed by atoms with Crippen LogP contribution in [0, 0.1) is 0 Å². The van der Waals surface area contributed by atoms with Crippen LogP contribution in [-0.4, -0.2) is 21.7 Å². The zero-order chi connectivity index (χ0) is 18.1. The Morgan fingerprint density at radius 2 is 1.12 bits per heavy atom. The molecule has 0 aliphatic heterocycles.